The monoisotopic (exact) mass is 299 g/mol. The Morgan fingerprint density at radius 3 is 2.69 bits per heavy atom. The number of aryl methyl sites for hydroxylation is 1. The standard InChI is InChI=1S/C8H8F2INO/c1-4-2-12-7(8(9)10)6(11)5(4)3-13/h2,8,13H,3H2,1H3. The largest absolute Gasteiger partial charge is 0.392 e. The molecule has 5 heteroatoms. The maximum absolute atomic E-state index is 12.3. The lowest BCUT2D eigenvalue weighted by molar-refractivity contribution is 0.144. The molecule has 0 radical (unpaired) electrons. The highest BCUT2D eigenvalue weighted by atomic mass is 127. The average Bonchev–Trinajstić information content (AvgIpc) is 2.04. The van der Waals surface area contributed by atoms with E-state index in [0.717, 1.165) is 5.56 Å². The lowest BCUT2D eigenvalue weighted by Gasteiger charge is -2.08. The summed E-state index contributed by atoms with van der Waals surface area (Å²) < 4.78 is 25.0. The summed E-state index contributed by atoms with van der Waals surface area (Å²) >= 11 is 1.78. The van der Waals surface area contributed by atoms with Crippen molar-refractivity contribution in [3.05, 3.63) is 26.6 Å². The predicted molar refractivity (Wildman–Crippen MR) is 52.6 cm³/mol. The first-order valence-electron chi connectivity index (χ1n) is 3.60. The van der Waals surface area contributed by atoms with Crippen LogP contribution in [-0.2, 0) is 6.61 Å². The molecular weight excluding hydrogens is 291 g/mol. The topological polar surface area (TPSA) is 33.1 Å². The Hall–Kier alpha value is -0.300. The van der Waals surface area contributed by atoms with Gasteiger partial charge in [0.15, 0.2) is 0 Å². The van der Waals surface area contributed by atoms with E-state index in [-0.39, 0.29) is 12.3 Å². The van der Waals surface area contributed by atoms with Gasteiger partial charge < -0.3 is 5.11 Å². The molecule has 0 bridgehead atoms. The Kier molecular flexibility index (Phi) is 3.55. The van der Waals surface area contributed by atoms with Crippen molar-refractivity contribution in [2.24, 2.45) is 0 Å². The molecule has 0 aliphatic heterocycles. The zero-order valence-electron chi connectivity index (χ0n) is 6.89. The quantitative estimate of drug-likeness (QED) is 0.851. The number of aliphatic hydroxyl groups is 1. The first-order chi connectivity index (χ1) is 6.07. The maximum Gasteiger partial charge on any atom is 0.281 e. The minimum atomic E-state index is -2.59. The molecule has 1 aromatic rings. The van der Waals surface area contributed by atoms with Crippen LogP contribution >= 0.6 is 22.6 Å². The highest BCUT2D eigenvalue weighted by Gasteiger charge is 2.16. The van der Waals surface area contributed by atoms with E-state index in [9.17, 15) is 8.78 Å². The van der Waals surface area contributed by atoms with Gasteiger partial charge in [-0.1, -0.05) is 0 Å². The molecule has 0 atom stereocenters. The van der Waals surface area contributed by atoms with Gasteiger partial charge in [0.25, 0.3) is 6.43 Å². The maximum atomic E-state index is 12.3. The Morgan fingerprint density at radius 1 is 1.62 bits per heavy atom. The molecule has 0 fully saturated rings. The predicted octanol–water partition coefficient (Wildman–Crippen LogP) is 2.42. The van der Waals surface area contributed by atoms with Crippen LogP contribution in [0.2, 0.25) is 0 Å². The van der Waals surface area contributed by atoms with Crippen molar-refractivity contribution in [3.63, 3.8) is 0 Å². The molecule has 0 aliphatic rings. The SMILES string of the molecule is Cc1cnc(C(F)F)c(I)c1CO. The van der Waals surface area contributed by atoms with Crippen LogP contribution < -0.4 is 0 Å². The van der Waals surface area contributed by atoms with Gasteiger partial charge in [-0.2, -0.15) is 0 Å². The summed E-state index contributed by atoms with van der Waals surface area (Å²) in [5, 5.41) is 8.93. The molecular formula is C8H8F2INO. The van der Waals surface area contributed by atoms with Crippen molar-refractivity contribution in [1.82, 2.24) is 4.98 Å². The van der Waals surface area contributed by atoms with E-state index in [2.05, 4.69) is 4.98 Å². The first-order valence-corrected chi connectivity index (χ1v) is 4.68. The summed E-state index contributed by atoms with van der Waals surface area (Å²) in [6.07, 6.45) is -1.23. The van der Waals surface area contributed by atoms with Gasteiger partial charge in [-0.25, -0.2) is 8.78 Å². The van der Waals surface area contributed by atoms with Gasteiger partial charge in [-0.15, -0.1) is 0 Å². The fourth-order valence-electron chi connectivity index (χ4n) is 0.975. The number of pyridine rings is 1. The van der Waals surface area contributed by atoms with Gasteiger partial charge in [0.2, 0.25) is 0 Å². The average molecular weight is 299 g/mol. The van der Waals surface area contributed by atoms with Crippen molar-refractivity contribution < 1.29 is 13.9 Å². The summed E-state index contributed by atoms with van der Waals surface area (Å²) in [7, 11) is 0. The number of alkyl halides is 2. The van der Waals surface area contributed by atoms with Crippen molar-refractivity contribution in [2.45, 2.75) is 20.0 Å². The molecule has 72 valence electrons. The van der Waals surface area contributed by atoms with Gasteiger partial charge >= 0.3 is 0 Å². The molecule has 0 amide bonds. The summed E-state index contributed by atoms with van der Waals surface area (Å²) in [6, 6.07) is 0. The van der Waals surface area contributed by atoms with Crippen molar-refractivity contribution >= 4 is 22.6 Å². The Bertz CT molecular complexity index is 317. The van der Waals surface area contributed by atoms with Crippen LogP contribution in [0.25, 0.3) is 0 Å². The minimum Gasteiger partial charge on any atom is -0.392 e. The van der Waals surface area contributed by atoms with Gasteiger partial charge in [-0.05, 0) is 40.6 Å². The molecule has 0 aromatic carbocycles. The lowest BCUT2D eigenvalue weighted by atomic mass is 10.1. The number of rotatable bonds is 2. The number of aliphatic hydroxyl groups excluding tert-OH is 1. The highest BCUT2D eigenvalue weighted by molar-refractivity contribution is 14.1. The molecule has 1 rings (SSSR count). The lowest BCUT2D eigenvalue weighted by Crippen LogP contribution is -2.02. The Morgan fingerprint density at radius 2 is 2.23 bits per heavy atom. The van der Waals surface area contributed by atoms with E-state index in [1.54, 1.807) is 29.5 Å². The second-order valence-electron chi connectivity index (χ2n) is 2.58. The van der Waals surface area contributed by atoms with E-state index < -0.39 is 6.43 Å². The van der Waals surface area contributed by atoms with Crippen LogP contribution in [-0.4, -0.2) is 10.1 Å². The van der Waals surface area contributed by atoms with Crippen LogP contribution in [0, 0.1) is 10.5 Å². The van der Waals surface area contributed by atoms with E-state index >= 15 is 0 Å². The Labute approximate surface area is 88.1 Å². The fourth-order valence-corrected chi connectivity index (χ4v) is 1.95. The third-order valence-electron chi connectivity index (χ3n) is 1.73. The third-order valence-corrected chi connectivity index (χ3v) is 2.93. The summed E-state index contributed by atoms with van der Waals surface area (Å²) in [5.74, 6) is 0. The van der Waals surface area contributed by atoms with Gasteiger partial charge in [-0.3, -0.25) is 4.98 Å². The molecule has 0 unspecified atom stereocenters. The van der Waals surface area contributed by atoms with Crippen LogP contribution in [0.5, 0.6) is 0 Å². The van der Waals surface area contributed by atoms with Crippen LogP contribution in [0.3, 0.4) is 0 Å². The van der Waals surface area contributed by atoms with Crippen molar-refractivity contribution in [1.29, 1.82) is 0 Å². The summed E-state index contributed by atoms with van der Waals surface area (Å²) in [6.45, 7) is 1.50. The molecule has 2 nitrogen and oxygen atoms in total. The number of halogens is 3. The summed E-state index contributed by atoms with van der Waals surface area (Å²) in [5.41, 5.74) is 1.01. The smallest absolute Gasteiger partial charge is 0.281 e. The van der Waals surface area contributed by atoms with Crippen LogP contribution in [0.4, 0.5) is 8.78 Å². The highest BCUT2D eigenvalue weighted by Crippen LogP contribution is 2.26. The molecule has 1 heterocycles. The zero-order valence-corrected chi connectivity index (χ0v) is 9.05. The van der Waals surface area contributed by atoms with Crippen molar-refractivity contribution in [3.8, 4) is 0 Å². The number of nitrogens with zero attached hydrogens (tertiary/aromatic N) is 1. The first kappa shape index (κ1) is 10.8. The van der Waals surface area contributed by atoms with Crippen LogP contribution in [0.1, 0.15) is 23.2 Å². The number of hydrogen-bond acceptors (Lipinski definition) is 2. The van der Waals surface area contributed by atoms with Crippen LogP contribution in [0.15, 0.2) is 6.20 Å². The van der Waals surface area contributed by atoms with Crippen molar-refractivity contribution in [2.75, 3.05) is 0 Å². The molecule has 0 saturated heterocycles. The normalized spacial score (nSPS) is 10.9. The third kappa shape index (κ3) is 2.14. The van der Waals surface area contributed by atoms with Gasteiger partial charge in [0.1, 0.15) is 5.69 Å². The molecule has 1 aromatic heterocycles. The Balaban J connectivity index is 3.27. The van der Waals surface area contributed by atoms with Gasteiger partial charge in [0, 0.05) is 9.77 Å². The van der Waals surface area contributed by atoms with Gasteiger partial charge in [0.05, 0.1) is 6.61 Å². The van der Waals surface area contributed by atoms with E-state index in [4.69, 9.17) is 5.11 Å². The number of hydrogen-bond donors (Lipinski definition) is 1. The second kappa shape index (κ2) is 4.28. The molecule has 0 spiro atoms. The van der Waals surface area contributed by atoms with E-state index in [1.807, 2.05) is 0 Å². The minimum absolute atomic E-state index is 0.230. The fraction of sp³-hybridized carbons (Fsp3) is 0.375. The zero-order chi connectivity index (χ0) is 10.0. The molecule has 13 heavy (non-hydrogen) atoms. The van der Waals surface area contributed by atoms with E-state index in [1.165, 1.54) is 6.20 Å². The molecule has 0 aliphatic carbocycles. The molecule has 0 saturated carbocycles. The van der Waals surface area contributed by atoms with E-state index in [0.29, 0.717) is 9.13 Å². The second-order valence-corrected chi connectivity index (χ2v) is 3.66. The molecule has 1 N–H and O–H groups in total. The summed E-state index contributed by atoms with van der Waals surface area (Å²) in [4.78, 5) is 3.62. The number of aromatic nitrogens is 1.